The van der Waals surface area contributed by atoms with Crippen LogP contribution in [0.3, 0.4) is 0 Å². The number of carboxylic acids is 1. The van der Waals surface area contributed by atoms with Crippen molar-refractivity contribution in [2.24, 2.45) is 5.92 Å². The summed E-state index contributed by atoms with van der Waals surface area (Å²) in [5, 5.41) is 8.01. The summed E-state index contributed by atoms with van der Waals surface area (Å²) in [6.07, 6.45) is -4.79. The van der Waals surface area contributed by atoms with Gasteiger partial charge in [-0.1, -0.05) is 18.5 Å². The number of nitrogens with one attached hydrogen (secondary N) is 1. The van der Waals surface area contributed by atoms with Crippen LogP contribution in [0.1, 0.15) is 12.5 Å². The molecule has 0 fully saturated rings. The van der Waals surface area contributed by atoms with Crippen LogP contribution in [-0.2, 0) is 21.0 Å². The number of carbonyl (C=O) groups is 1. The third-order valence-corrected chi connectivity index (χ3v) is 4.31. The molecule has 0 radical (unpaired) electrons. The molecule has 5 nitrogen and oxygen atoms in total. The summed E-state index contributed by atoms with van der Waals surface area (Å²) in [4.78, 5) is 9.94. The Morgan fingerprint density at radius 2 is 2.00 bits per heavy atom. The highest BCUT2D eigenvalue weighted by Crippen LogP contribution is 2.35. The van der Waals surface area contributed by atoms with Gasteiger partial charge in [-0.2, -0.15) is 13.2 Å². The van der Waals surface area contributed by atoms with Gasteiger partial charge < -0.3 is 5.11 Å². The Hall–Kier alpha value is -1.32. The number of benzene rings is 1. The van der Waals surface area contributed by atoms with Gasteiger partial charge in [0.1, 0.15) is 0 Å². The molecule has 10 heteroatoms. The average Bonchev–Trinajstić information content (AvgIpc) is 2.34. The maximum absolute atomic E-state index is 12.7. The highest BCUT2D eigenvalue weighted by atomic mass is 35.5. The lowest BCUT2D eigenvalue weighted by atomic mass is 10.2. The largest absolute Gasteiger partial charge is 0.481 e. The minimum Gasteiger partial charge on any atom is -0.481 e. The highest BCUT2D eigenvalue weighted by molar-refractivity contribution is 7.89. The van der Waals surface area contributed by atoms with Crippen LogP contribution in [0, 0.1) is 5.92 Å². The fraction of sp³-hybridized carbons (Fsp3) is 0.364. The SMILES string of the molecule is CC(CNS(=O)(=O)c1ccc(Cl)c(C(F)(F)F)c1)C(=O)O. The van der Waals surface area contributed by atoms with Crippen molar-refractivity contribution in [3.05, 3.63) is 28.8 Å². The molecular weight excluding hydrogens is 335 g/mol. The molecule has 1 unspecified atom stereocenters. The number of hydrogen-bond acceptors (Lipinski definition) is 3. The number of aliphatic carboxylic acids is 1. The quantitative estimate of drug-likeness (QED) is 0.858. The predicted octanol–water partition coefficient (Wildman–Crippen LogP) is 2.36. The van der Waals surface area contributed by atoms with Gasteiger partial charge in [-0.05, 0) is 18.2 Å². The molecule has 0 amide bonds. The van der Waals surface area contributed by atoms with Crippen LogP contribution in [0.15, 0.2) is 23.1 Å². The maximum atomic E-state index is 12.7. The molecule has 1 aromatic carbocycles. The van der Waals surface area contributed by atoms with Gasteiger partial charge in [0.05, 0.1) is 21.4 Å². The summed E-state index contributed by atoms with van der Waals surface area (Å²) in [5.74, 6) is -2.25. The number of carboxylic acid groups (broad SMARTS) is 1. The third kappa shape index (κ3) is 4.58. The second-order valence-electron chi connectivity index (χ2n) is 4.23. The molecule has 0 aliphatic rings. The summed E-state index contributed by atoms with van der Waals surface area (Å²) in [5.41, 5.74) is -1.28. The van der Waals surface area contributed by atoms with Gasteiger partial charge in [-0.15, -0.1) is 0 Å². The van der Waals surface area contributed by atoms with Gasteiger partial charge in [0, 0.05) is 6.54 Å². The Kier molecular flexibility index (Phi) is 5.24. The second kappa shape index (κ2) is 6.20. The Bertz CT molecular complexity index is 645. The van der Waals surface area contributed by atoms with E-state index in [1.165, 1.54) is 6.92 Å². The first kappa shape index (κ1) is 17.7. The first-order chi connectivity index (χ1) is 9.45. The van der Waals surface area contributed by atoms with Crippen LogP contribution in [0.4, 0.5) is 13.2 Å². The summed E-state index contributed by atoms with van der Waals surface area (Å²) in [6.45, 7) is 0.815. The van der Waals surface area contributed by atoms with Crippen LogP contribution in [0.2, 0.25) is 5.02 Å². The maximum Gasteiger partial charge on any atom is 0.417 e. The fourth-order valence-electron chi connectivity index (χ4n) is 1.29. The molecule has 0 aromatic heterocycles. The van der Waals surface area contributed by atoms with Crippen molar-refractivity contribution in [3.8, 4) is 0 Å². The lowest BCUT2D eigenvalue weighted by Gasteiger charge is -2.13. The van der Waals surface area contributed by atoms with Crippen molar-refractivity contribution in [2.75, 3.05) is 6.54 Å². The zero-order valence-electron chi connectivity index (χ0n) is 10.6. The molecule has 0 heterocycles. The van der Waals surface area contributed by atoms with E-state index in [1.54, 1.807) is 0 Å². The molecular formula is C11H11ClF3NO4S. The molecule has 1 aromatic rings. The number of sulfonamides is 1. The molecule has 2 N–H and O–H groups in total. The molecule has 1 rings (SSSR count). The van der Waals surface area contributed by atoms with Crippen molar-refractivity contribution < 1.29 is 31.5 Å². The van der Waals surface area contributed by atoms with E-state index in [-0.39, 0.29) is 0 Å². The van der Waals surface area contributed by atoms with Gasteiger partial charge >= 0.3 is 12.1 Å². The van der Waals surface area contributed by atoms with E-state index < -0.39 is 50.1 Å². The van der Waals surface area contributed by atoms with E-state index in [0.29, 0.717) is 6.07 Å². The molecule has 0 aliphatic heterocycles. The van der Waals surface area contributed by atoms with Crippen molar-refractivity contribution in [1.29, 1.82) is 0 Å². The van der Waals surface area contributed by atoms with Crippen LogP contribution in [0.5, 0.6) is 0 Å². The van der Waals surface area contributed by atoms with Gasteiger partial charge in [-0.3, -0.25) is 4.79 Å². The normalized spacial score (nSPS) is 14.0. The van der Waals surface area contributed by atoms with Crippen LogP contribution in [0.25, 0.3) is 0 Å². The first-order valence-electron chi connectivity index (χ1n) is 5.54. The van der Waals surface area contributed by atoms with Crippen molar-refractivity contribution in [2.45, 2.75) is 18.0 Å². The predicted molar refractivity (Wildman–Crippen MR) is 68.4 cm³/mol. The topological polar surface area (TPSA) is 83.5 Å². The average molecular weight is 346 g/mol. The lowest BCUT2D eigenvalue weighted by molar-refractivity contribution is -0.141. The summed E-state index contributed by atoms with van der Waals surface area (Å²) in [7, 11) is -4.26. The van der Waals surface area contributed by atoms with Crippen molar-refractivity contribution >= 4 is 27.6 Å². The van der Waals surface area contributed by atoms with Gasteiger partial charge in [0.25, 0.3) is 0 Å². The summed E-state index contributed by atoms with van der Waals surface area (Å²) >= 11 is 5.39. The van der Waals surface area contributed by atoms with Gasteiger partial charge in [-0.25, -0.2) is 13.1 Å². The second-order valence-corrected chi connectivity index (χ2v) is 6.40. The van der Waals surface area contributed by atoms with Crippen molar-refractivity contribution in [1.82, 2.24) is 4.72 Å². The third-order valence-electron chi connectivity index (χ3n) is 2.55. The molecule has 0 spiro atoms. The zero-order chi connectivity index (χ0) is 16.4. The molecule has 1 atom stereocenters. The minimum atomic E-state index is -4.79. The van der Waals surface area contributed by atoms with Crippen LogP contribution < -0.4 is 4.72 Å². The Balaban J connectivity index is 3.07. The number of halogens is 4. The molecule has 21 heavy (non-hydrogen) atoms. The molecule has 0 saturated carbocycles. The van der Waals surface area contributed by atoms with E-state index in [1.807, 2.05) is 4.72 Å². The monoisotopic (exact) mass is 345 g/mol. The number of alkyl halides is 3. The summed E-state index contributed by atoms with van der Waals surface area (Å²) < 4.78 is 63.6. The van der Waals surface area contributed by atoms with Gasteiger partial charge in [0.2, 0.25) is 10.0 Å². The van der Waals surface area contributed by atoms with E-state index in [9.17, 15) is 26.4 Å². The Labute approximate surface area is 123 Å². The van der Waals surface area contributed by atoms with E-state index in [4.69, 9.17) is 16.7 Å². The summed E-state index contributed by atoms with van der Waals surface area (Å²) in [6, 6.07) is 2.13. The standard InChI is InChI=1S/C11H11ClF3NO4S/c1-6(10(17)18)5-16-21(19,20)7-2-3-9(12)8(4-7)11(13,14)15/h2-4,6,16H,5H2,1H3,(H,17,18). The van der Waals surface area contributed by atoms with E-state index in [0.717, 1.165) is 12.1 Å². The highest BCUT2D eigenvalue weighted by Gasteiger charge is 2.34. The van der Waals surface area contributed by atoms with Crippen LogP contribution in [-0.4, -0.2) is 26.0 Å². The smallest absolute Gasteiger partial charge is 0.417 e. The van der Waals surface area contributed by atoms with Crippen molar-refractivity contribution in [3.63, 3.8) is 0 Å². The Morgan fingerprint density at radius 3 is 2.48 bits per heavy atom. The van der Waals surface area contributed by atoms with E-state index >= 15 is 0 Å². The minimum absolute atomic E-state index is 0.399. The number of hydrogen-bond donors (Lipinski definition) is 2. The van der Waals surface area contributed by atoms with E-state index in [2.05, 4.69) is 0 Å². The molecule has 0 aliphatic carbocycles. The first-order valence-corrected chi connectivity index (χ1v) is 7.40. The van der Waals surface area contributed by atoms with Crippen LogP contribution >= 0.6 is 11.6 Å². The fourth-order valence-corrected chi connectivity index (χ4v) is 2.68. The zero-order valence-corrected chi connectivity index (χ0v) is 12.2. The molecule has 0 bridgehead atoms. The lowest BCUT2D eigenvalue weighted by Crippen LogP contribution is -2.31. The molecule has 118 valence electrons. The van der Waals surface area contributed by atoms with Gasteiger partial charge in [0.15, 0.2) is 0 Å². The Morgan fingerprint density at radius 1 is 1.43 bits per heavy atom. The number of rotatable bonds is 5. The molecule has 0 saturated heterocycles.